The van der Waals surface area contributed by atoms with E-state index < -0.39 is 0 Å². The first kappa shape index (κ1) is 16.6. The van der Waals surface area contributed by atoms with Gasteiger partial charge in [0.15, 0.2) is 5.96 Å². The molecule has 1 rings (SSSR count). The highest BCUT2D eigenvalue weighted by molar-refractivity contribution is 7.99. The molecule has 112 valence electrons. The Morgan fingerprint density at radius 1 is 1.16 bits per heavy atom. The first-order valence-electron chi connectivity index (χ1n) is 7.12. The highest BCUT2D eigenvalue weighted by Gasteiger charge is 2.11. The Hall–Kier alpha value is -0.460. The molecule has 0 saturated carbocycles. The Bertz CT molecular complexity index is 246. The van der Waals surface area contributed by atoms with Crippen LogP contribution in [0.2, 0.25) is 0 Å². The van der Waals surface area contributed by atoms with Gasteiger partial charge in [-0.1, -0.05) is 13.3 Å². The number of hydrogen-bond acceptors (Lipinski definition) is 4. The Balaban J connectivity index is 1.94. The van der Waals surface area contributed by atoms with Crippen molar-refractivity contribution in [2.45, 2.75) is 19.8 Å². The summed E-state index contributed by atoms with van der Waals surface area (Å²) in [4.78, 5) is 6.48. The molecule has 0 aliphatic carbocycles. The Morgan fingerprint density at radius 3 is 2.53 bits per heavy atom. The van der Waals surface area contributed by atoms with Crippen molar-refractivity contribution in [2.75, 3.05) is 57.6 Å². The fourth-order valence-electron chi connectivity index (χ4n) is 1.69. The highest BCUT2D eigenvalue weighted by atomic mass is 32.2. The molecule has 5 nitrogen and oxygen atoms in total. The number of rotatable bonds is 9. The van der Waals surface area contributed by atoms with Crippen molar-refractivity contribution in [3.8, 4) is 0 Å². The van der Waals surface area contributed by atoms with Crippen molar-refractivity contribution in [2.24, 2.45) is 10.7 Å². The molecular weight excluding hydrogens is 262 g/mol. The average Bonchev–Trinajstić information content (AvgIpc) is 2.46. The van der Waals surface area contributed by atoms with E-state index in [1.165, 1.54) is 6.42 Å². The Morgan fingerprint density at radius 2 is 1.84 bits per heavy atom. The summed E-state index contributed by atoms with van der Waals surface area (Å²) >= 11 is 1.97. The molecule has 0 unspecified atom stereocenters. The lowest BCUT2D eigenvalue weighted by molar-refractivity contribution is 0.0497. The van der Waals surface area contributed by atoms with Gasteiger partial charge in [-0.25, -0.2) is 0 Å². The molecule has 0 aromatic heterocycles. The normalized spacial score (nSPS) is 16.9. The van der Waals surface area contributed by atoms with E-state index in [0.29, 0.717) is 32.3 Å². The number of hydrogen-bond donors (Lipinski definition) is 1. The smallest absolute Gasteiger partial charge is 0.191 e. The van der Waals surface area contributed by atoms with Crippen LogP contribution in [0.15, 0.2) is 4.99 Å². The van der Waals surface area contributed by atoms with Crippen molar-refractivity contribution >= 4 is 17.7 Å². The lowest BCUT2D eigenvalue weighted by Crippen LogP contribution is -2.42. The number of thioether (sulfide) groups is 1. The minimum atomic E-state index is 0.612. The van der Waals surface area contributed by atoms with E-state index in [2.05, 4.69) is 16.8 Å². The van der Waals surface area contributed by atoms with Crippen LogP contribution in [0.25, 0.3) is 0 Å². The zero-order valence-electron chi connectivity index (χ0n) is 12.0. The molecule has 0 atom stereocenters. The van der Waals surface area contributed by atoms with Crippen LogP contribution in [0.3, 0.4) is 0 Å². The van der Waals surface area contributed by atoms with Gasteiger partial charge in [-0.3, -0.25) is 4.99 Å². The van der Waals surface area contributed by atoms with Gasteiger partial charge in [0.1, 0.15) is 0 Å². The molecule has 1 saturated heterocycles. The third-order valence-electron chi connectivity index (χ3n) is 2.86. The zero-order valence-corrected chi connectivity index (χ0v) is 12.8. The summed E-state index contributed by atoms with van der Waals surface area (Å²) < 4.78 is 10.8. The average molecular weight is 289 g/mol. The second kappa shape index (κ2) is 11.4. The SMILES string of the molecule is CCCCOCCOCCN=C(N)N1CCSCC1. The molecule has 1 heterocycles. The van der Waals surface area contributed by atoms with Gasteiger partial charge in [-0.15, -0.1) is 0 Å². The lowest BCUT2D eigenvalue weighted by Gasteiger charge is -2.27. The van der Waals surface area contributed by atoms with E-state index in [4.69, 9.17) is 15.2 Å². The largest absolute Gasteiger partial charge is 0.379 e. The maximum Gasteiger partial charge on any atom is 0.191 e. The van der Waals surface area contributed by atoms with Crippen LogP contribution in [-0.4, -0.2) is 68.4 Å². The van der Waals surface area contributed by atoms with E-state index in [0.717, 1.165) is 37.6 Å². The summed E-state index contributed by atoms with van der Waals surface area (Å²) in [6.45, 7) is 7.55. The summed E-state index contributed by atoms with van der Waals surface area (Å²) in [5, 5.41) is 0. The number of aliphatic imine (C=N–C) groups is 1. The molecule has 0 amide bonds. The molecule has 1 fully saturated rings. The van der Waals surface area contributed by atoms with E-state index in [1.54, 1.807) is 0 Å². The van der Waals surface area contributed by atoms with Gasteiger partial charge >= 0.3 is 0 Å². The number of unbranched alkanes of at least 4 members (excludes halogenated alkanes) is 1. The summed E-state index contributed by atoms with van der Waals surface area (Å²) in [5.74, 6) is 2.94. The molecule has 0 spiro atoms. The van der Waals surface area contributed by atoms with Gasteiger partial charge in [0.2, 0.25) is 0 Å². The van der Waals surface area contributed by atoms with Crippen LogP contribution in [-0.2, 0) is 9.47 Å². The van der Waals surface area contributed by atoms with Crippen molar-refractivity contribution in [1.82, 2.24) is 4.90 Å². The molecular formula is C13H27N3O2S. The third kappa shape index (κ3) is 8.34. The van der Waals surface area contributed by atoms with Crippen LogP contribution in [0.5, 0.6) is 0 Å². The Kier molecular flexibility index (Phi) is 9.93. The van der Waals surface area contributed by atoms with Gasteiger partial charge in [-0.05, 0) is 6.42 Å². The van der Waals surface area contributed by atoms with E-state index in [-0.39, 0.29) is 0 Å². The van der Waals surface area contributed by atoms with Crippen molar-refractivity contribution < 1.29 is 9.47 Å². The second-order valence-electron chi connectivity index (χ2n) is 4.42. The molecule has 0 aromatic carbocycles. The Labute approximate surface area is 120 Å². The molecule has 2 N–H and O–H groups in total. The van der Waals surface area contributed by atoms with E-state index >= 15 is 0 Å². The highest BCUT2D eigenvalue weighted by Crippen LogP contribution is 2.08. The first-order valence-corrected chi connectivity index (χ1v) is 8.28. The topological polar surface area (TPSA) is 60.1 Å². The summed E-state index contributed by atoms with van der Waals surface area (Å²) in [5.41, 5.74) is 5.93. The zero-order chi connectivity index (χ0) is 13.8. The van der Waals surface area contributed by atoms with E-state index in [9.17, 15) is 0 Å². The monoisotopic (exact) mass is 289 g/mol. The van der Waals surface area contributed by atoms with Gasteiger partial charge in [0.25, 0.3) is 0 Å². The maximum absolute atomic E-state index is 5.93. The van der Waals surface area contributed by atoms with Crippen LogP contribution in [0.1, 0.15) is 19.8 Å². The standard InChI is InChI=1S/C13H27N3O2S/c1-2-3-7-17-9-10-18-8-4-15-13(14)16-5-11-19-12-6-16/h2-12H2,1H3,(H2,14,15). The first-order chi connectivity index (χ1) is 9.34. The summed E-state index contributed by atoms with van der Waals surface area (Å²) in [6.07, 6.45) is 2.29. The second-order valence-corrected chi connectivity index (χ2v) is 5.64. The number of guanidine groups is 1. The fraction of sp³-hybridized carbons (Fsp3) is 0.923. The predicted molar refractivity (Wildman–Crippen MR) is 81.9 cm³/mol. The van der Waals surface area contributed by atoms with Crippen molar-refractivity contribution in [3.05, 3.63) is 0 Å². The van der Waals surface area contributed by atoms with Crippen molar-refractivity contribution in [3.63, 3.8) is 0 Å². The van der Waals surface area contributed by atoms with Crippen molar-refractivity contribution in [1.29, 1.82) is 0 Å². The molecule has 0 radical (unpaired) electrons. The van der Waals surface area contributed by atoms with Gasteiger partial charge in [0.05, 0.1) is 26.4 Å². The lowest BCUT2D eigenvalue weighted by atomic mass is 10.4. The molecule has 0 bridgehead atoms. The molecule has 19 heavy (non-hydrogen) atoms. The van der Waals surface area contributed by atoms with Crippen LogP contribution >= 0.6 is 11.8 Å². The number of ether oxygens (including phenoxy) is 2. The third-order valence-corrected chi connectivity index (χ3v) is 3.80. The van der Waals surface area contributed by atoms with Gasteiger partial charge in [0, 0.05) is 31.2 Å². The summed E-state index contributed by atoms with van der Waals surface area (Å²) in [6, 6.07) is 0. The molecule has 0 aromatic rings. The van der Waals surface area contributed by atoms with Crippen LogP contribution in [0, 0.1) is 0 Å². The quantitative estimate of drug-likeness (QED) is 0.392. The van der Waals surface area contributed by atoms with Crippen LogP contribution in [0.4, 0.5) is 0 Å². The van der Waals surface area contributed by atoms with Gasteiger partial charge in [-0.2, -0.15) is 11.8 Å². The summed E-state index contributed by atoms with van der Waals surface area (Å²) in [7, 11) is 0. The molecule has 1 aliphatic heterocycles. The fourth-order valence-corrected chi connectivity index (χ4v) is 2.59. The molecule has 6 heteroatoms. The number of nitrogens with zero attached hydrogens (tertiary/aromatic N) is 2. The molecule has 1 aliphatic rings. The predicted octanol–water partition coefficient (Wildman–Crippen LogP) is 1.18. The van der Waals surface area contributed by atoms with E-state index in [1.807, 2.05) is 11.8 Å². The minimum Gasteiger partial charge on any atom is -0.379 e. The van der Waals surface area contributed by atoms with Crippen LogP contribution < -0.4 is 5.73 Å². The minimum absolute atomic E-state index is 0.612. The van der Waals surface area contributed by atoms with Gasteiger partial charge < -0.3 is 20.1 Å². The maximum atomic E-state index is 5.93. The number of nitrogens with two attached hydrogens (primary N) is 1.